The van der Waals surface area contributed by atoms with Crippen LogP contribution < -0.4 is 10.1 Å². The first kappa shape index (κ1) is 16.9. The van der Waals surface area contributed by atoms with Gasteiger partial charge in [-0.1, -0.05) is 0 Å². The van der Waals surface area contributed by atoms with Crippen LogP contribution in [-0.4, -0.2) is 45.0 Å². The molecule has 1 aliphatic carbocycles. The molecular formula is C17H25N5O2. The summed E-state index contributed by atoms with van der Waals surface area (Å²) in [6.07, 6.45) is 4.90. The Labute approximate surface area is 141 Å². The van der Waals surface area contributed by atoms with E-state index in [0.29, 0.717) is 6.54 Å². The second kappa shape index (κ2) is 7.27. The molecule has 0 aromatic carbocycles. The number of pyridine rings is 1. The van der Waals surface area contributed by atoms with Crippen LogP contribution in [0.15, 0.2) is 12.4 Å². The molecule has 0 aliphatic heterocycles. The maximum Gasteiger partial charge on any atom is 0.153 e. The summed E-state index contributed by atoms with van der Waals surface area (Å²) in [5.41, 5.74) is 2.21. The van der Waals surface area contributed by atoms with Gasteiger partial charge in [0.15, 0.2) is 5.82 Å². The SMILES string of the molecule is COc1cncc(CNC[C@H]2C[C@H](c3n[nH]c(C)n3)C[C@H]2O)c1C. The number of nitrogens with one attached hydrogen (secondary N) is 2. The van der Waals surface area contributed by atoms with Gasteiger partial charge in [-0.05, 0) is 43.7 Å². The molecule has 24 heavy (non-hydrogen) atoms. The summed E-state index contributed by atoms with van der Waals surface area (Å²) in [7, 11) is 1.65. The third-order valence-electron chi connectivity index (χ3n) is 4.85. The number of rotatable bonds is 6. The zero-order valence-corrected chi connectivity index (χ0v) is 14.4. The molecule has 2 aromatic rings. The number of aliphatic hydroxyl groups excluding tert-OH is 1. The van der Waals surface area contributed by atoms with Gasteiger partial charge in [-0.25, -0.2) is 4.98 Å². The number of H-pyrrole nitrogens is 1. The highest BCUT2D eigenvalue weighted by atomic mass is 16.5. The zero-order valence-electron chi connectivity index (χ0n) is 14.4. The Balaban J connectivity index is 1.54. The monoisotopic (exact) mass is 331 g/mol. The van der Waals surface area contributed by atoms with Gasteiger partial charge in [0.1, 0.15) is 11.6 Å². The summed E-state index contributed by atoms with van der Waals surface area (Å²) >= 11 is 0. The van der Waals surface area contributed by atoms with Gasteiger partial charge < -0.3 is 15.2 Å². The van der Waals surface area contributed by atoms with E-state index in [1.165, 1.54) is 0 Å². The molecule has 2 heterocycles. The van der Waals surface area contributed by atoms with E-state index in [4.69, 9.17) is 4.74 Å². The first-order valence-electron chi connectivity index (χ1n) is 8.33. The van der Waals surface area contributed by atoms with Gasteiger partial charge in [0.25, 0.3) is 0 Å². The van der Waals surface area contributed by atoms with Crippen LogP contribution in [0.4, 0.5) is 0 Å². The van der Waals surface area contributed by atoms with Crippen molar-refractivity contribution in [2.24, 2.45) is 5.92 Å². The first-order valence-corrected chi connectivity index (χ1v) is 8.33. The largest absolute Gasteiger partial charge is 0.495 e. The number of nitrogens with zero attached hydrogens (tertiary/aromatic N) is 3. The molecule has 130 valence electrons. The highest BCUT2D eigenvalue weighted by Crippen LogP contribution is 2.36. The number of ether oxygens (including phenoxy) is 1. The Kier molecular flexibility index (Phi) is 5.11. The third kappa shape index (κ3) is 3.57. The summed E-state index contributed by atoms with van der Waals surface area (Å²) < 4.78 is 5.30. The van der Waals surface area contributed by atoms with Gasteiger partial charge in [0, 0.05) is 25.2 Å². The molecule has 3 N–H and O–H groups in total. The highest BCUT2D eigenvalue weighted by molar-refractivity contribution is 5.35. The van der Waals surface area contributed by atoms with E-state index < -0.39 is 0 Å². The zero-order chi connectivity index (χ0) is 17.1. The molecule has 0 unspecified atom stereocenters. The summed E-state index contributed by atoms with van der Waals surface area (Å²) in [5, 5.41) is 20.9. The van der Waals surface area contributed by atoms with E-state index in [1.54, 1.807) is 13.3 Å². The summed E-state index contributed by atoms with van der Waals surface area (Å²) in [6, 6.07) is 0. The van der Waals surface area contributed by atoms with Crippen LogP contribution in [0.5, 0.6) is 5.75 Å². The topological polar surface area (TPSA) is 96.0 Å². The number of aliphatic hydroxyl groups is 1. The molecule has 3 atom stereocenters. The van der Waals surface area contributed by atoms with Gasteiger partial charge in [0.05, 0.1) is 19.4 Å². The van der Waals surface area contributed by atoms with Gasteiger partial charge in [-0.3, -0.25) is 10.1 Å². The van der Waals surface area contributed by atoms with Crippen LogP contribution in [0.25, 0.3) is 0 Å². The Morgan fingerprint density at radius 1 is 1.33 bits per heavy atom. The number of hydrogen-bond acceptors (Lipinski definition) is 6. The van der Waals surface area contributed by atoms with Crippen LogP contribution in [-0.2, 0) is 6.54 Å². The first-order chi connectivity index (χ1) is 11.6. The minimum Gasteiger partial charge on any atom is -0.495 e. The molecule has 0 radical (unpaired) electrons. The summed E-state index contributed by atoms with van der Waals surface area (Å²) in [5.74, 6) is 2.89. The lowest BCUT2D eigenvalue weighted by atomic mass is 10.0. The second-order valence-corrected chi connectivity index (χ2v) is 6.53. The molecule has 0 saturated heterocycles. The average Bonchev–Trinajstić information content (AvgIpc) is 3.15. The van der Waals surface area contributed by atoms with Crippen molar-refractivity contribution in [1.82, 2.24) is 25.5 Å². The van der Waals surface area contributed by atoms with Crippen molar-refractivity contribution in [2.75, 3.05) is 13.7 Å². The van der Waals surface area contributed by atoms with Gasteiger partial charge >= 0.3 is 0 Å². The third-order valence-corrected chi connectivity index (χ3v) is 4.85. The highest BCUT2D eigenvalue weighted by Gasteiger charge is 2.35. The molecule has 0 amide bonds. The smallest absolute Gasteiger partial charge is 0.153 e. The number of methoxy groups -OCH3 is 1. The standard InChI is InChI=1S/C17H25N5O2/c1-10-14(8-19-9-16(10)24-3)7-18-6-13-4-12(5-15(13)23)17-20-11(2)21-22-17/h8-9,12-13,15,18,23H,4-7H2,1-3H3,(H,20,21,22)/t12-,13+,15+/m0/s1. The fourth-order valence-electron chi connectivity index (χ4n) is 3.40. The van der Waals surface area contributed by atoms with E-state index in [9.17, 15) is 5.11 Å². The average molecular weight is 331 g/mol. The maximum absolute atomic E-state index is 10.3. The normalized spacial score (nSPS) is 23.6. The summed E-state index contributed by atoms with van der Waals surface area (Å²) in [6.45, 7) is 5.40. The van der Waals surface area contributed by atoms with Crippen LogP contribution in [0.2, 0.25) is 0 Å². The quantitative estimate of drug-likeness (QED) is 0.742. The maximum atomic E-state index is 10.3. The number of aromatic amines is 1. The van der Waals surface area contributed by atoms with Crippen molar-refractivity contribution in [3.8, 4) is 5.75 Å². The second-order valence-electron chi connectivity index (χ2n) is 6.53. The van der Waals surface area contributed by atoms with Crippen LogP contribution in [0, 0.1) is 19.8 Å². The Morgan fingerprint density at radius 2 is 2.17 bits per heavy atom. The molecule has 2 aromatic heterocycles. The van der Waals surface area contributed by atoms with E-state index in [2.05, 4.69) is 25.5 Å². The van der Waals surface area contributed by atoms with E-state index in [-0.39, 0.29) is 17.9 Å². The fourth-order valence-corrected chi connectivity index (χ4v) is 3.40. The Hall–Kier alpha value is -1.99. The van der Waals surface area contributed by atoms with Crippen molar-refractivity contribution >= 4 is 0 Å². The molecule has 1 fully saturated rings. The van der Waals surface area contributed by atoms with Crippen molar-refractivity contribution in [3.63, 3.8) is 0 Å². The Bertz CT molecular complexity index is 687. The molecular weight excluding hydrogens is 306 g/mol. The van der Waals surface area contributed by atoms with Crippen molar-refractivity contribution in [1.29, 1.82) is 0 Å². The predicted octanol–water partition coefficient (Wildman–Crippen LogP) is 1.47. The Morgan fingerprint density at radius 3 is 2.88 bits per heavy atom. The van der Waals surface area contributed by atoms with E-state index in [1.807, 2.05) is 20.0 Å². The van der Waals surface area contributed by atoms with Crippen LogP contribution >= 0.6 is 0 Å². The lowest BCUT2D eigenvalue weighted by Crippen LogP contribution is -2.27. The lowest BCUT2D eigenvalue weighted by Gasteiger charge is -2.16. The summed E-state index contributed by atoms with van der Waals surface area (Å²) in [4.78, 5) is 8.60. The lowest BCUT2D eigenvalue weighted by molar-refractivity contribution is 0.131. The van der Waals surface area contributed by atoms with Crippen molar-refractivity contribution in [3.05, 3.63) is 35.2 Å². The minimum atomic E-state index is -0.314. The molecule has 1 saturated carbocycles. The molecule has 7 nitrogen and oxygen atoms in total. The molecule has 0 spiro atoms. The van der Waals surface area contributed by atoms with Gasteiger partial charge in [0.2, 0.25) is 0 Å². The van der Waals surface area contributed by atoms with Crippen LogP contribution in [0.1, 0.15) is 41.5 Å². The minimum absolute atomic E-state index is 0.215. The fraction of sp³-hybridized carbons (Fsp3) is 0.588. The van der Waals surface area contributed by atoms with Crippen LogP contribution in [0.3, 0.4) is 0 Å². The van der Waals surface area contributed by atoms with E-state index in [0.717, 1.165) is 47.9 Å². The van der Waals surface area contributed by atoms with E-state index >= 15 is 0 Å². The number of aryl methyl sites for hydroxylation is 1. The van der Waals surface area contributed by atoms with Gasteiger partial charge in [-0.15, -0.1) is 0 Å². The molecule has 0 bridgehead atoms. The van der Waals surface area contributed by atoms with Gasteiger partial charge in [-0.2, -0.15) is 5.10 Å². The number of hydrogen-bond donors (Lipinski definition) is 3. The predicted molar refractivity (Wildman–Crippen MR) is 89.8 cm³/mol. The molecule has 7 heteroatoms. The van der Waals surface area contributed by atoms with Crippen molar-refractivity contribution < 1.29 is 9.84 Å². The molecule has 1 aliphatic rings. The number of aromatic nitrogens is 4. The molecule has 3 rings (SSSR count). The van der Waals surface area contributed by atoms with Crippen molar-refractivity contribution in [2.45, 2.75) is 45.3 Å².